The highest BCUT2D eigenvalue weighted by Gasteiger charge is 2.18. The molecule has 0 fully saturated rings. The van der Waals surface area contributed by atoms with Crippen molar-refractivity contribution in [2.24, 2.45) is 0 Å². The van der Waals surface area contributed by atoms with Crippen molar-refractivity contribution in [3.63, 3.8) is 0 Å². The van der Waals surface area contributed by atoms with Gasteiger partial charge in [0.25, 0.3) is 5.56 Å². The van der Waals surface area contributed by atoms with Gasteiger partial charge in [-0.15, -0.1) is 4.73 Å². The number of hydrogen-bond acceptors (Lipinski definition) is 4. The fraction of sp³-hybridized carbons (Fsp3) is 0.615. The van der Waals surface area contributed by atoms with E-state index in [1.807, 2.05) is 0 Å². The van der Waals surface area contributed by atoms with Crippen LogP contribution in [0.5, 0.6) is 0 Å². The zero-order valence-electron chi connectivity index (χ0n) is 11.2. The van der Waals surface area contributed by atoms with Gasteiger partial charge in [0, 0.05) is 6.07 Å². The van der Waals surface area contributed by atoms with Crippen LogP contribution in [0.25, 0.3) is 0 Å². The summed E-state index contributed by atoms with van der Waals surface area (Å²) in [5.74, 6) is -0.0386. The first-order valence-electron chi connectivity index (χ1n) is 6.63. The van der Waals surface area contributed by atoms with E-state index in [0.29, 0.717) is 6.42 Å². The second-order valence-corrected chi connectivity index (χ2v) is 6.66. The number of hydrogen-bond donors (Lipinski definition) is 1. The molecule has 1 rings (SSSR count). The van der Waals surface area contributed by atoms with Crippen LogP contribution in [-0.4, -0.2) is 24.1 Å². The molecule has 6 heteroatoms. The molecule has 0 aliphatic heterocycles. The molecule has 0 saturated heterocycles. The molecule has 1 aromatic heterocycles. The molecule has 0 bridgehead atoms. The Bertz CT molecular complexity index is 548. The summed E-state index contributed by atoms with van der Waals surface area (Å²) in [5.41, 5.74) is -0.732. The fourth-order valence-corrected chi connectivity index (χ4v) is 3.31. The molecule has 108 valence electrons. The number of pyridine rings is 1. The normalized spacial score (nSPS) is 11.6. The first-order chi connectivity index (χ1) is 8.99. The summed E-state index contributed by atoms with van der Waals surface area (Å²) in [7, 11) is -3.59. The summed E-state index contributed by atoms with van der Waals surface area (Å²) in [5, 5.41) is 9.11. The van der Waals surface area contributed by atoms with E-state index in [9.17, 15) is 18.4 Å². The van der Waals surface area contributed by atoms with E-state index in [4.69, 9.17) is 0 Å². The lowest BCUT2D eigenvalue weighted by atomic mass is 10.1. The average Bonchev–Trinajstić information content (AvgIpc) is 2.36. The molecule has 0 aromatic carbocycles. The molecule has 1 aromatic rings. The van der Waals surface area contributed by atoms with Crippen molar-refractivity contribution >= 4 is 9.84 Å². The van der Waals surface area contributed by atoms with Gasteiger partial charge in [-0.1, -0.05) is 45.1 Å². The van der Waals surface area contributed by atoms with Crippen molar-refractivity contribution in [1.29, 1.82) is 0 Å². The van der Waals surface area contributed by atoms with Crippen LogP contribution in [0.4, 0.5) is 0 Å². The van der Waals surface area contributed by atoms with Crippen LogP contribution in [0.3, 0.4) is 0 Å². The molecule has 0 unspecified atom stereocenters. The molecule has 0 atom stereocenters. The van der Waals surface area contributed by atoms with Gasteiger partial charge in [0.15, 0.2) is 14.9 Å². The number of sulfone groups is 1. The maximum atomic E-state index is 12.0. The van der Waals surface area contributed by atoms with Crippen molar-refractivity contribution in [3.05, 3.63) is 28.6 Å². The lowest BCUT2D eigenvalue weighted by molar-refractivity contribution is 0.148. The third kappa shape index (κ3) is 4.70. The Balaban J connectivity index is 2.57. The predicted molar refractivity (Wildman–Crippen MR) is 73.3 cm³/mol. The quantitative estimate of drug-likeness (QED) is 0.587. The van der Waals surface area contributed by atoms with Gasteiger partial charge >= 0.3 is 0 Å². The third-order valence-electron chi connectivity index (χ3n) is 2.98. The Hall–Kier alpha value is -1.30. The molecule has 19 heavy (non-hydrogen) atoms. The summed E-state index contributed by atoms with van der Waals surface area (Å²) in [6, 6.07) is 3.70. The number of rotatable bonds is 8. The molecule has 0 amide bonds. The molecule has 0 aliphatic carbocycles. The average molecular weight is 287 g/mol. The summed E-state index contributed by atoms with van der Waals surface area (Å²) in [6.07, 6.45) is 5.86. The Morgan fingerprint density at radius 1 is 1.11 bits per heavy atom. The number of unbranched alkanes of at least 4 members (excludes halogenated alkanes) is 5. The smallest absolute Gasteiger partial charge is 0.284 e. The van der Waals surface area contributed by atoms with Gasteiger partial charge in [0.2, 0.25) is 0 Å². The Morgan fingerprint density at radius 3 is 2.42 bits per heavy atom. The minimum Gasteiger partial charge on any atom is -0.424 e. The van der Waals surface area contributed by atoms with Gasteiger partial charge in [0.1, 0.15) is 0 Å². The summed E-state index contributed by atoms with van der Waals surface area (Å²) < 4.78 is 24.1. The minimum absolute atomic E-state index is 0.0386. The van der Waals surface area contributed by atoms with Crippen LogP contribution in [0.2, 0.25) is 0 Å². The maximum Gasteiger partial charge on any atom is 0.284 e. The summed E-state index contributed by atoms with van der Waals surface area (Å²) >= 11 is 0. The van der Waals surface area contributed by atoms with Crippen molar-refractivity contribution < 1.29 is 13.6 Å². The Morgan fingerprint density at radius 2 is 1.74 bits per heavy atom. The van der Waals surface area contributed by atoms with Crippen molar-refractivity contribution in [1.82, 2.24) is 4.73 Å². The van der Waals surface area contributed by atoms with Crippen LogP contribution in [0.1, 0.15) is 45.4 Å². The van der Waals surface area contributed by atoms with Crippen LogP contribution in [0.15, 0.2) is 28.0 Å². The summed E-state index contributed by atoms with van der Waals surface area (Å²) in [4.78, 5) is 11.2. The van der Waals surface area contributed by atoms with Gasteiger partial charge in [-0.05, 0) is 12.5 Å². The highest BCUT2D eigenvalue weighted by Crippen LogP contribution is 2.12. The number of nitrogens with zero attached hydrogens (tertiary/aromatic N) is 1. The Labute approximate surface area is 113 Å². The molecule has 1 N–H and O–H groups in total. The first-order valence-corrected chi connectivity index (χ1v) is 8.28. The van der Waals surface area contributed by atoms with Gasteiger partial charge in [-0.3, -0.25) is 4.79 Å². The lowest BCUT2D eigenvalue weighted by Crippen LogP contribution is -2.23. The topological polar surface area (TPSA) is 76.4 Å². The van der Waals surface area contributed by atoms with Gasteiger partial charge < -0.3 is 5.21 Å². The largest absolute Gasteiger partial charge is 0.424 e. The zero-order valence-corrected chi connectivity index (χ0v) is 12.0. The van der Waals surface area contributed by atoms with E-state index in [1.165, 1.54) is 18.6 Å². The highest BCUT2D eigenvalue weighted by molar-refractivity contribution is 7.91. The third-order valence-corrected chi connectivity index (χ3v) is 4.75. The van der Waals surface area contributed by atoms with Crippen molar-refractivity contribution in [2.75, 3.05) is 5.75 Å². The SMILES string of the molecule is CCCCCCCCS(=O)(=O)c1cccc(=O)n1O. The van der Waals surface area contributed by atoms with E-state index < -0.39 is 15.4 Å². The van der Waals surface area contributed by atoms with Gasteiger partial charge in [-0.25, -0.2) is 8.42 Å². The predicted octanol–water partition coefficient (Wildman–Crippen LogP) is 2.22. The maximum absolute atomic E-state index is 12.0. The molecule has 1 heterocycles. The van der Waals surface area contributed by atoms with Gasteiger partial charge in [-0.2, -0.15) is 0 Å². The molecular formula is C13H21NO4S. The highest BCUT2D eigenvalue weighted by atomic mass is 32.2. The van der Waals surface area contributed by atoms with Crippen LogP contribution in [0, 0.1) is 0 Å². The monoisotopic (exact) mass is 287 g/mol. The van der Waals surface area contributed by atoms with E-state index in [1.54, 1.807) is 0 Å². The molecule has 5 nitrogen and oxygen atoms in total. The van der Waals surface area contributed by atoms with Crippen molar-refractivity contribution in [3.8, 4) is 0 Å². The lowest BCUT2D eigenvalue weighted by Gasteiger charge is -2.07. The van der Waals surface area contributed by atoms with Gasteiger partial charge in [0.05, 0.1) is 5.75 Å². The molecule has 0 aliphatic rings. The fourth-order valence-electron chi connectivity index (χ4n) is 1.87. The van der Waals surface area contributed by atoms with E-state index >= 15 is 0 Å². The second-order valence-electron chi connectivity index (χ2n) is 4.60. The molecular weight excluding hydrogens is 266 g/mol. The van der Waals surface area contributed by atoms with E-state index in [-0.39, 0.29) is 15.5 Å². The zero-order chi connectivity index (χ0) is 14.3. The van der Waals surface area contributed by atoms with Crippen LogP contribution >= 0.6 is 0 Å². The number of aromatic nitrogens is 1. The van der Waals surface area contributed by atoms with Crippen molar-refractivity contribution in [2.45, 2.75) is 50.5 Å². The Kier molecular flexibility index (Phi) is 6.08. The molecule has 0 saturated carbocycles. The molecule has 0 radical (unpaired) electrons. The minimum atomic E-state index is -3.59. The first kappa shape index (κ1) is 15.8. The van der Waals surface area contributed by atoms with Crippen LogP contribution in [-0.2, 0) is 9.84 Å². The van der Waals surface area contributed by atoms with Crippen LogP contribution < -0.4 is 5.56 Å². The van der Waals surface area contributed by atoms with E-state index in [0.717, 1.165) is 31.7 Å². The molecule has 0 spiro atoms. The standard InChI is InChI=1S/C13H21NO4S/c1-2-3-4-5-6-7-11-19(17,18)13-10-8-9-12(15)14(13)16/h8-10,16H,2-7,11H2,1H3. The van der Waals surface area contributed by atoms with E-state index in [2.05, 4.69) is 6.92 Å². The second kappa shape index (κ2) is 7.33. The summed E-state index contributed by atoms with van der Waals surface area (Å²) in [6.45, 7) is 2.13.